The van der Waals surface area contributed by atoms with Gasteiger partial charge in [-0.05, 0) is 0 Å². The number of ether oxygens (including phenoxy) is 1. The fraction of sp³-hybridized carbons (Fsp3) is 0.667. The molecule has 0 atom stereocenters. The van der Waals surface area contributed by atoms with Crippen LogP contribution in [0, 0.1) is 0 Å². The van der Waals surface area contributed by atoms with Crippen LogP contribution < -0.4 is 20.3 Å². The Bertz CT molecular complexity index is 431. The van der Waals surface area contributed by atoms with E-state index in [1.807, 2.05) is 0 Å². The molecule has 1 fully saturated rings. The van der Waals surface area contributed by atoms with E-state index >= 15 is 0 Å². The van der Waals surface area contributed by atoms with Crippen molar-refractivity contribution in [3.05, 3.63) is 11.3 Å². The molecule has 98 valence electrons. The first-order chi connectivity index (χ1) is 8.88. The van der Waals surface area contributed by atoms with E-state index in [4.69, 9.17) is 4.74 Å². The maximum atomic E-state index is 5.23. The summed E-state index contributed by atoms with van der Waals surface area (Å²) in [5.74, 6) is 1.05. The quantitative estimate of drug-likeness (QED) is 0.739. The number of hydrogen-bond donors (Lipinski definition) is 2. The lowest BCUT2D eigenvalue weighted by molar-refractivity contribution is 0.375. The smallest absolute Gasteiger partial charge is 0.318 e. The number of methoxy groups -OCH3 is 1. The largest absolute Gasteiger partial charge is 0.467 e. The third kappa shape index (κ3) is 2.13. The average molecular weight is 249 g/mol. The van der Waals surface area contributed by atoms with Crippen molar-refractivity contribution < 1.29 is 4.74 Å². The SMILES string of the molecule is COc1nc2c(c(N3CCNCC3)n1)CNCC2. The Morgan fingerprint density at radius 1 is 1.11 bits per heavy atom. The molecular weight excluding hydrogens is 230 g/mol. The molecule has 6 nitrogen and oxygen atoms in total. The third-order valence-corrected chi connectivity index (χ3v) is 3.49. The van der Waals surface area contributed by atoms with Crippen LogP contribution >= 0.6 is 0 Å². The van der Waals surface area contributed by atoms with Crippen LogP contribution in [0.3, 0.4) is 0 Å². The molecule has 3 heterocycles. The van der Waals surface area contributed by atoms with Crippen LogP contribution in [0.1, 0.15) is 11.3 Å². The summed E-state index contributed by atoms with van der Waals surface area (Å²) in [6.07, 6.45) is 0.952. The van der Waals surface area contributed by atoms with E-state index in [2.05, 4.69) is 25.5 Å². The van der Waals surface area contributed by atoms with Crippen molar-refractivity contribution in [3.63, 3.8) is 0 Å². The average Bonchev–Trinajstić information content (AvgIpc) is 2.47. The topological polar surface area (TPSA) is 62.3 Å². The van der Waals surface area contributed by atoms with Crippen LogP contribution in [0.4, 0.5) is 5.82 Å². The molecule has 0 aliphatic carbocycles. The number of rotatable bonds is 2. The molecule has 0 radical (unpaired) electrons. The molecule has 1 aromatic heterocycles. The monoisotopic (exact) mass is 249 g/mol. The van der Waals surface area contributed by atoms with Crippen LogP contribution in [0.5, 0.6) is 6.01 Å². The summed E-state index contributed by atoms with van der Waals surface area (Å²) in [4.78, 5) is 11.4. The van der Waals surface area contributed by atoms with E-state index in [0.29, 0.717) is 6.01 Å². The molecule has 3 rings (SSSR count). The third-order valence-electron chi connectivity index (χ3n) is 3.49. The maximum absolute atomic E-state index is 5.23. The summed E-state index contributed by atoms with van der Waals surface area (Å²) < 4.78 is 5.23. The minimum Gasteiger partial charge on any atom is -0.467 e. The molecular formula is C12H19N5O. The number of nitrogens with zero attached hydrogens (tertiary/aromatic N) is 3. The van der Waals surface area contributed by atoms with Gasteiger partial charge in [-0.1, -0.05) is 0 Å². The van der Waals surface area contributed by atoms with Gasteiger partial charge in [-0.25, -0.2) is 0 Å². The summed E-state index contributed by atoms with van der Waals surface area (Å²) in [7, 11) is 1.63. The first-order valence-corrected chi connectivity index (χ1v) is 6.48. The zero-order valence-corrected chi connectivity index (χ0v) is 10.7. The lowest BCUT2D eigenvalue weighted by atomic mass is 10.1. The highest BCUT2D eigenvalue weighted by molar-refractivity contribution is 5.51. The van der Waals surface area contributed by atoms with E-state index in [1.54, 1.807) is 7.11 Å². The van der Waals surface area contributed by atoms with Gasteiger partial charge in [-0.3, -0.25) is 0 Å². The van der Waals surface area contributed by atoms with Crippen LogP contribution in [-0.2, 0) is 13.0 Å². The van der Waals surface area contributed by atoms with E-state index in [9.17, 15) is 0 Å². The molecule has 0 amide bonds. The van der Waals surface area contributed by atoms with Gasteiger partial charge in [-0.2, -0.15) is 9.97 Å². The van der Waals surface area contributed by atoms with Crippen molar-refractivity contribution in [3.8, 4) is 6.01 Å². The first-order valence-electron chi connectivity index (χ1n) is 6.48. The van der Waals surface area contributed by atoms with Crippen LogP contribution in [0.25, 0.3) is 0 Å². The van der Waals surface area contributed by atoms with Gasteiger partial charge in [0.15, 0.2) is 0 Å². The molecule has 1 aromatic rings. The second-order valence-electron chi connectivity index (χ2n) is 4.62. The van der Waals surface area contributed by atoms with Crippen molar-refractivity contribution in [1.29, 1.82) is 0 Å². The highest BCUT2D eigenvalue weighted by Crippen LogP contribution is 2.25. The molecule has 0 spiro atoms. The van der Waals surface area contributed by atoms with Gasteiger partial charge in [0.2, 0.25) is 0 Å². The summed E-state index contributed by atoms with van der Waals surface area (Å²) in [6, 6.07) is 0.490. The summed E-state index contributed by atoms with van der Waals surface area (Å²) >= 11 is 0. The lowest BCUT2D eigenvalue weighted by Gasteiger charge is -2.31. The van der Waals surface area contributed by atoms with Crippen molar-refractivity contribution in [2.24, 2.45) is 0 Å². The Labute approximate surface area is 107 Å². The van der Waals surface area contributed by atoms with Crippen molar-refractivity contribution in [1.82, 2.24) is 20.6 Å². The molecule has 1 saturated heterocycles. The van der Waals surface area contributed by atoms with Gasteiger partial charge < -0.3 is 20.3 Å². The molecule has 0 bridgehead atoms. The fourth-order valence-corrected chi connectivity index (χ4v) is 2.53. The van der Waals surface area contributed by atoms with E-state index in [-0.39, 0.29) is 0 Å². The zero-order chi connectivity index (χ0) is 12.4. The Balaban J connectivity index is 1.99. The summed E-state index contributed by atoms with van der Waals surface area (Å²) in [5, 5.41) is 6.76. The second-order valence-corrected chi connectivity index (χ2v) is 4.62. The highest BCUT2D eigenvalue weighted by Gasteiger charge is 2.22. The number of anilines is 1. The molecule has 2 N–H and O–H groups in total. The predicted molar refractivity (Wildman–Crippen MR) is 69.1 cm³/mol. The van der Waals surface area contributed by atoms with Gasteiger partial charge in [-0.15, -0.1) is 0 Å². The van der Waals surface area contributed by atoms with Gasteiger partial charge in [0.1, 0.15) is 5.82 Å². The summed E-state index contributed by atoms with van der Waals surface area (Å²) in [5.41, 5.74) is 2.37. The highest BCUT2D eigenvalue weighted by atomic mass is 16.5. The van der Waals surface area contributed by atoms with Crippen LogP contribution in [0.2, 0.25) is 0 Å². The minimum atomic E-state index is 0.490. The number of nitrogens with one attached hydrogen (secondary N) is 2. The minimum absolute atomic E-state index is 0.490. The van der Waals surface area contributed by atoms with E-state index < -0.39 is 0 Å². The number of hydrogen-bond acceptors (Lipinski definition) is 6. The normalized spacial score (nSPS) is 19.5. The van der Waals surface area contributed by atoms with E-state index in [1.165, 1.54) is 5.56 Å². The second kappa shape index (κ2) is 5.07. The Hall–Kier alpha value is -1.40. The molecule has 0 unspecified atom stereocenters. The van der Waals surface area contributed by atoms with Crippen LogP contribution in [0.15, 0.2) is 0 Å². The van der Waals surface area contributed by atoms with E-state index in [0.717, 1.165) is 57.2 Å². The zero-order valence-electron chi connectivity index (χ0n) is 10.7. The van der Waals surface area contributed by atoms with Gasteiger partial charge in [0.05, 0.1) is 12.8 Å². The number of aromatic nitrogens is 2. The molecule has 2 aliphatic heterocycles. The Kier molecular flexibility index (Phi) is 3.29. The predicted octanol–water partition coefficient (Wildman–Crippen LogP) is -0.459. The van der Waals surface area contributed by atoms with Gasteiger partial charge >= 0.3 is 6.01 Å². The van der Waals surface area contributed by atoms with Crippen molar-refractivity contribution in [2.45, 2.75) is 13.0 Å². The van der Waals surface area contributed by atoms with Crippen molar-refractivity contribution in [2.75, 3.05) is 44.7 Å². The number of piperazine rings is 1. The van der Waals surface area contributed by atoms with Crippen LogP contribution in [-0.4, -0.2) is 49.8 Å². The fourth-order valence-electron chi connectivity index (χ4n) is 2.53. The molecule has 0 saturated carbocycles. The first kappa shape index (κ1) is 11.7. The molecule has 18 heavy (non-hydrogen) atoms. The maximum Gasteiger partial charge on any atom is 0.318 e. The number of fused-ring (bicyclic) bond motifs is 1. The van der Waals surface area contributed by atoms with Gasteiger partial charge in [0, 0.05) is 51.3 Å². The molecule has 6 heteroatoms. The van der Waals surface area contributed by atoms with Gasteiger partial charge in [0.25, 0.3) is 0 Å². The Morgan fingerprint density at radius 2 is 1.94 bits per heavy atom. The lowest BCUT2D eigenvalue weighted by Crippen LogP contribution is -2.45. The molecule has 2 aliphatic rings. The molecule has 0 aromatic carbocycles. The Morgan fingerprint density at radius 3 is 2.72 bits per heavy atom. The summed E-state index contributed by atoms with van der Waals surface area (Å²) in [6.45, 7) is 5.84. The van der Waals surface area contributed by atoms with Crippen molar-refractivity contribution >= 4 is 5.82 Å². The standard InChI is InChI=1S/C12H19N5O/c1-18-12-15-10-2-3-14-8-9(10)11(16-12)17-6-4-13-5-7-17/h13-14H,2-8H2,1H3.